The van der Waals surface area contributed by atoms with Crippen molar-refractivity contribution in [3.8, 4) is 66.8 Å². The average molecular weight is 807 g/mol. The molecule has 0 heteroatoms. The van der Waals surface area contributed by atoms with Gasteiger partial charge in [-0.3, -0.25) is 0 Å². The van der Waals surface area contributed by atoms with Gasteiger partial charge in [0.2, 0.25) is 0 Å². The Morgan fingerprint density at radius 1 is 0.234 bits per heavy atom. The molecule has 0 saturated heterocycles. The average Bonchev–Trinajstić information content (AvgIpc) is 3.88. The fourth-order valence-electron chi connectivity index (χ4n) is 12.8. The summed E-state index contributed by atoms with van der Waals surface area (Å²) in [6.45, 7) is 0. The molecule has 0 fully saturated rings. The Morgan fingerprint density at radius 3 is 0.906 bits per heavy atom. The van der Waals surface area contributed by atoms with Crippen LogP contribution in [0.5, 0.6) is 0 Å². The summed E-state index contributed by atoms with van der Waals surface area (Å²) in [5, 5.41) is 10.7. The quantitative estimate of drug-likeness (QED) is 0.155. The molecule has 0 bridgehead atoms. The first-order valence-electron chi connectivity index (χ1n) is 22.7. The van der Waals surface area contributed by atoms with Gasteiger partial charge in [-0.1, -0.05) is 218 Å². The van der Waals surface area contributed by atoms with Crippen molar-refractivity contribution >= 4 is 55.2 Å². The van der Waals surface area contributed by atoms with Crippen molar-refractivity contribution in [2.75, 3.05) is 0 Å². The summed E-state index contributed by atoms with van der Waals surface area (Å²) in [4.78, 5) is 0. The van der Waals surface area contributed by atoms with Gasteiger partial charge in [-0.25, -0.2) is 0 Å². The van der Waals surface area contributed by atoms with Gasteiger partial charge < -0.3 is 0 Å². The maximum atomic E-state index is 2.54. The predicted octanol–water partition coefficient (Wildman–Crippen LogP) is 17.2. The van der Waals surface area contributed by atoms with Gasteiger partial charge in [0.1, 0.15) is 0 Å². The SMILES string of the molecule is C1=CC2c3c(c(-c4ccccc4)c4ccccc4c3-c3ccccc3)-c3ccc4c(c1c1c5c6c(ccc54)-c4c(c(-c5ccccc5)c5ccccc5c4-c4ccccc4)C6C=C1)c32. The molecule has 2 unspecified atom stereocenters. The first-order chi connectivity index (χ1) is 31.8. The smallest absolute Gasteiger partial charge is 0.0298 e. The molecule has 0 aliphatic heterocycles. The van der Waals surface area contributed by atoms with Crippen molar-refractivity contribution in [1.29, 1.82) is 0 Å². The van der Waals surface area contributed by atoms with E-state index in [1.54, 1.807) is 0 Å². The third-order valence-corrected chi connectivity index (χ3v) is 15.1. The molecule has 0 spiro atoms. The Balaban J connectivity index is 1.05. The molecule has 15 rings (SSSR count). The highest BCUT2D eigenvalue weighted by molar-refractivity contribution is 6.25. The van der Waals surface area contributed by atoms with E-state index < -0.39 is 0 Å². The zero-order valence-corrected chi connectivity index (χ0v) is 34.9. The van der Waals surface area contributed by atoms with Crippen LogP contribution in [0.15, 0.2) is 206 Å². The van der Waals surface area contributed by atoms with E-state index in [1.165, 1.54) is 143 Å². The number of allylic oxidation sites excluding steroid dienone is 2. The predicted molar refractivity (Wildman–Crippen MR) is 271 cm³/mol. The zero-order chi connectivity index (χ0) is 41.6. The second-order valence-corrected chi connectivity index (χ2v) is 18.0. The highest BCUT2D eigenvalue weighted by atomic mass is 14.4. The normalized spacial score (nSPS) is 15.7. The first kappa shape index (κ1) is 34.5. The van der Waals surface area contributed by atoms with E-state index in [-0.39, 0.29) is 11.8 Å². The summed E-state index contributed by atoms with van der Waals surface area (Å²) in [6, 6.07) is 72.5. The summed E-state index contributed by atoms with van der Waals surface area (Å²) in [7, 11) is 0. The van der Waals surface area contributed by atoms with Crippen LogP contribution in [0.1, 0.15) is 45.2 Å². The van der Waals surface area contributed by atoms with Gasteiger partial charge in [-0.05, 0) is 143 Å². The van der Waals surface area contributed by atoms with Crippen molar-refractivity contribution in [3.05, 3.63) is 240 Å². The Bertz CT molecular complexity index is 3650. The third kappa shape index (κ3) is 4.37. The van der Waals surface area contributed by atoms with Crippen LogP contribution in [0.25, 0.3) is 122 Å². The van der Waals surface area contributed by atoms with E-state index in [2.05, 4.69) is 218 Å². The monoisotopic (exact) mass is 806 g/mol. The van der Waals surface area contributed by atoms with Crippen LogP contribution in [0.3, 0.4) is 0 Å². The molecule has 11 aromatic carbocycles. The molecular formula is C64H38. The van der Waals surface area contributed by atoms with Crippen LogP contribution in [-0.4, -0.2) is 0 Å². The Kier molecular flexibility index (Phi) is 6.88. The molecule has 294 valence electrons. The topological polar surface area (TPSA) is 0 Å². The molecule has 4 aliphatic carbocycles. The summed E-state index contributed by atoms with van der Waals surface area (Å²) >= 11 is 0. The van der Waals surface area contributed by atoms with E-state index >= 15 is 0 Å². The largest absolute Gasteiger partial charge is 0.0719 e. The number of hydrogen-bond acceptors (Lipinski definition) is 0. The second-order valence-electron chi connectivity index (χ2n) is 18.0. The van der Waals surface area contributed by atoms with Gasteiger partial charge in [0.25, 0.3) is 0 Å². The van der Waals surface area contributed by atoms with Gasteiger partial charge >= 0.3 is 0 Å². The number of benzene rings is 11. The molecule has 0 saturated carbocycles. The molecular weight excluding hydrogens is 769 g/mol. The van der Waals surface area contributed by atoms with Gasteiger partial charge in [0, 0.05) is 11.8 Å². The van der Waals surface area contributed by atoms with Gasteiger partial charge in [0.15, 0.2) is 0 Å². The van der Waals surface area contributed by atoms with Gasteiger partial charge in [0.05, 0.1) is 0 Å². The highest BCUT2D eigenvalue weighted by Crippen LogP contribution is 2.63. The van der Waals surface area contributed by atoms with Crippen LogP contribution < -0.4 is 0 Å². The maximum absolute atomic E-state index is 2.54. The number of hydrogen-bond donors (Lipinski definition) is 0. The standard InChI is InChI=1S/C64H38/c1-5-17-37(18-6-1)53-41-25-13-14-26-42(41)54(38-19-7-2-8-20-38)62-50-34-30-46-48-32-36-52-60-51(35-31-47(58(48)60)45-29-33-49(61(53)62)59(50)57(45)46)63-55(39-21-9-3-10-22-39)43-27-15-16-28-44(43)56(64(52)63)40-23-11-4-12-24-40/h1-36,49,51H. The van der Waals surface area contributed by atoms with Gasteiger partial charge in [-0.15, -0.1) is 0 Å². The van der Waals surface area contributed by atoms with Gasteiger partial charge in [-0.2, -0.15) is 0 Å². The molecule has 4 aliphatic rings. The molecule has 0 radical (unpaired) electrons. The zero-order valence-electron chi connectivity index (χ0n) is 34.9. The van der Waals surface area contributed by atoms with E-state index in [0.717, 1.165) is 0 Å². The lowest BCUT2D eigenvalue weighted by Crippen LogP contribution is -2.06. The van der Waals surface area contributed by atoms with Crippen molar-refractivity contribution in [1.82, 2.24) is 0 Å². The first-order valence-corrected chi connectivity index (χ1v) is 22.7. The third-order valence-electron chi connectivity index (χ3n) is 15.1. The molecule has 0 N–H and O–H groups in total. The van der Waals surface area contributed by atoms with Crippen LogP contribution in [0.2, 0.25) is 0 Å². The summed E-state index contributed by atoms with van der Waals surface area (Å²) in [6.07, 6.45) is 10.1. The van der Waals surface area contributed by atoms with Crippen LogP contribution in [-0.2, 0) is 0 Å². The van der Waals surface area contributed by atoms with Crippen LogP contribution in [0, 0.1) is 0 Å². The van der Waals surface area contributed by atoms with Crippen molar-refractivity contribution in [2.45, 2.75) is 11.8 Å². The Labute approximate surface area is 371 Å². The van der Waals surface area contributed by atoms with E-state index in [9.17, 15) is 0 Å². The van der Waals surface area contributed by atoms with E-state index in [4.69, 9.17) is 0 Å². The molecule has 0 heterocycles. The fourth-order valence-corrected chi connectivity index (χ4v) is 12.8. The number of rotatable bonds is 4. The van der Waals surface area contributed by atoms with Crippen molar-refractivity contribution in [3.63, 3.8) is 0 Å². The maximum Gasteiger partial charge on any atom is 0.0298 e. The molecule has 11 aromatic rings. The van der Waals surface area contributed by atoms with Crippen LogP contribution in [0.4, 0.5) is 0 Å². The van der Waals surface area contributed by atoms with Crippen LogP contribution >= 0.6 is 0 Å². The lowest BCUT2D eigenvalue weighted by Gasteiger charge is -2.27. The van der Waals surface area contributed by atoms with Crippen molar-refractivity contribution in [2.24, 2.45) is 0 Å². The molecule has 0 aromatic heterocycles. The van der Waals surface area contributed by atoms with E-state index in [0.29, 0.717) is 0 Å². The highest BCUT2D eigenvalue weighted by Gasteiger charge is 2.41. The second kappa shape index (κ2) is 12.8. The Morgan fingerprint density at radius 2 is 0.547 bits per heavy atom. The minimum Gasteiger partial charge on any atom is -0.0719 e. The minimum absolute atomic E-state index is 0.126. The molecule has 0 nitrogen and oxygen atoms in total. The summed E-state index contributed by atoms with van der Waals surface area (Å²) in [5.74, 6) is 0.253. The lowest BCUT2D eigenvalue weighted by molar-refractivity contribution is 1.08. The number of fused-ring (bicyclic) bond motifs is 10. The van der Waals surface area contributed by atoms with E-state index in [1.807, 2.05) is 0 Å². The summed E-state index contributed by atoms with van der Waals surface area (Å²) < 4.78 is 0. The summed E-state index contributed by atoms with van der Waals surface area (Å²) in [5.41, 5.74) is 24.4. The molecule has 0 amide bonds. The minimum atomic E-state index is 0.126. The Hall–Kier alpha value is -8.06. The molecule has 2 atom stereocenters. The van der Waals surface area contributed by atoms with Crippen molar-refractivity contribution < 1.29 is 0 Å². The fraction of sp³-hybridized carbons (Fsp3) is 0.0312. The lowest BCUT2D eigenvalue weighted by atomic mass is 9.76. The molecule has 64 heavy (non-hydrogen) atoms.